The van der Waals surface area contributed by atoms with Crippen LogP contribution in [0.4, 0.5) is 20.2 Å². The Bertz CT molecular complexity index is 961. The van der Waals surface area contributed by atoms with E-state index in [0.29, 0.717) is 43.1 Å². The van der Waals surface area contributed by atoms with Gasteiger partial charge in [0.25, 0.3) is 0 Å². The van der Waals surface area contributed by atoms with Crippen LogP contribution in [-0.4, -0.2) is 43.1 Å². The van der Waals surface area contributed by atoms with Gasteiger partial charge in [0.05, 0.1) is 12.2 Å². The van der Waals surface area contributed by atoms with Gasteiger partial charge in [-0.15, -0.1) is 0 Å². The van der Waals surface area contributed by atoms with Crippen LogP contribution in [-0.2, 0) is 9.59 Å². The molecule has 0 aliphatic carbocycles. The molecular formula is C21H21F2N3O4. The number of benzene rings is 2. The van der Waals surface area contributed by atoms with Crippen LogP contribution in [0.5, 0.6) is 11.5 Å². The monoisotopic (exact) mass is 417 g/mol. The Morgan fingerprint density at radius 3 is 2.53 bits per heavy atom. The number of carbonyl (C=O) groups is 2. The molecular weight excluding hydrogens is 396 g/mol. The summed E-state index contributed by atoms with van der Waals surface area (Å²) in [6.07, 6.45) is 1.21. The Morgan fingerprint density at radius 2 is 1.77 bits per heavy atom. The van der Waals surface area contributed by atoms with Crippen molar-refractivity contribution in [1.29, 1.82) is 0 Å². The van der Waals surface area contributed by atoms with E-state index in [1.54, 1.807) is 18.2 Å². The number of amides is 2. The van der Waals surface area contributed by atoms with Gasteiger partial charge in [0.1, 0.15) is 11.6 Å². The Labute approximate surface area is 172 Å². The number of halogens is 2. The highest BCUT2D eigenvalue weighted by atomic mass is 19.1. The summed E-state index contributed by atoms with van der Waals surface area (Å²) in [4.78, 5) is 26.6. The summed E-state index contributed by atoms with van der Waals surface area (Å²) in [6.45, 7) is 1.39. The molecule has 0 spiro atoms. The van der Waals surface area contributed by atoms with Crippen LogP contribution >= 0.6 is 0 Å². The number of fused-ring (bicyclic) bond motifs is 1. The van der Waals surface area contributed by atoms with Crippen LogP contribution in [0.25, 0.3) is 0 Å². The summed E-state index contributed by atoms with van der Waals surface area (Å²) in [6, 6.07) is 8.24. The van der Waals surface area contributed by atoms with Gasteiger partial charge in [0, 0.05) is 23.7 Å². The van der Waals surface area contributed by atoms with Gasteiger partial charge in [-0.2, -0.15) is 0 Å². The van der Waals surface area contributed by atoms with E-state index < -0.39 is 11.6 Å². The number of nitrogens with zero attached hydrogens (tertiary/aromatic N) is 1. The Morgan fingerprint density at radius 1 is 1.00 bits per heavy atom. The van der Waals surface area contributed by atoms with Crippen molar-refractivity contribution in [2.45, 2.75) is 12.8 Å². The highest BCUT2D eigenvalue weighted by Gasteiger charge is 2.26. The lowest BCUT2D eigenvalue weighted by molar-refractivity contribution is -0.121. The summed E-state index contributed by atoms with van der Waals surface area (Å²) in [5.74, 6) is -0.889. The highest BCUT2D eigenvalue weighted by Crippen LogP contribution is 2.34. The smallest absolute Gasteiger partial charge is 0.238 e. The first kappa shape index (κ1) is 20.1. The first-order valence-corrected chi connectivity index (χ1v) is 9.66. The Hall–Kier alpha value is -3.20. The number of piperidine rings is 1. The average Bonchev–Trinajstić information content (AvgIpc) is 3.18. The van der Waals surface area contributed by atoms with Gasteiger partial charge in [0.2, 0.25) is 18.6 Å². The summed E-state index contributed by atoms with van der Waals surface area (Å²) < 4.78 is 37.2. The summed E-state index contributed by atoms with van der Waals surface area (Å²) in [7, 11) is 0. The number of likely N-dealkylation sites (tertiary alicyclic amines) is 1. The van der Waals surface area contributed by atoms with Crippen molar-refractivity contribution in [3.05, 3.63) is 48.0 Å². The molecule has 0 bridgehead atoms. The van der Waals surface area contributed by atoms with Crippen LogP contribution in [0.15, 0.2) is 36.4 Å². The SMILES string of the molecule is O=C(CN1CCC(C(=O)Nc2ccc3c(c2)OCO3)CC1)Nc1ccc(F)cc1F. The second-order valence-corrected chi connectivity index (χ2v) is 7.28. The maximum atomic E-state index is 13.7. The third-order valence-electron chi connectivity index (χ3n) is 5.17. The fourth-order valence-electron chi connectivity index (χ4n) is 3.56. The van der Waals surface area contributed by atoms with Crippen molar-refractivity contribution in [3.8, 4) is 11.5 Å². The highest BCUT2D eigenvalue weighted by molar-refractivity contribution is 5.93. The maximum absolute atomic E-state index is 13.7. The molecule has 7 nitrogen and oxygen atoms in total. The van der Waals surface area contributed by atoms with Crippen molar-refractivity contribution in [1.82, 2.24) is 4.90 Å². The predicted octanol–water partition coefficient (Wildman–Crippen LogP) is 2.98. The third-order valence-corrected chi connectivity index (χ3v) is 5.17. The van der Waals surface area contributed by atoms with E-state index in [4.69, 9.17) is 9.47 Å². The van der Waals surface area contributed by atoms with Gasteiger partial charge < -0.3 is 20.1 Å². The van der Waals surface area contributed by atoms with E-state index in [0.717, 1.165) is 12.1 Å². The number of rotatable bonds is 5. The van der Waals surface area contributed by atoms with Crippen LogP contribution in [0.1, 0.15) is 12.8 Å². The average molecular weight is 417 g/mol. The summed E-state index contributed by atoms with van der Waals surface area (Å²) in [5.41, 5.74) is 0.590. The molecule has 30 heavy (non-hydrogen) atoms. The molecule has 2 heterocycles. The zero-order valence-corrected chi connectivity index (χ0v) is 16.1. The fourth-order valence-corrected chi connectivity index (χ4v) is 3.56. The Balaban J connectivity index is 1.24. The van der Waals surface area contributed by atoms with Gasteiger partial charge >= 0.3 is 0 Å². The van der Waals surface area contributed by atoms with Crippen LogP contribution < -0.4 is 20.1 Å². The van der Waals surface area contributed by atoms with Crippen LogP contribution in [0, 0.1) is 17.6 Å². The second kappa shape index (κ2) is 8.66. The molecule has 9 heteroatoms. The zero-order valence-electron chi connectivity index (χ0n) is 16.1. The first-order chi connectivity index (χ1) is 14.5. The fraction of sp³-hybridized carbons (Fsp3) is 0.333. The molecule has 0 unspecified atom stereocenters. The molecule has 2 N–H and O–H groups in total. The van der Waals surface area contributed by atoms with Crippen LogP contribution in [0.3, 0.4) is 0 Å². The number of carbonyl (C=O) groups excluding carboxylic acids is 2. The van der Waals surface area contributed by atoms with Gasteiger partial charge in [-0.05, 0) is 50.2 Å². The molecule has 0 saturated carbocycles. The van der Waals surface area contributed by atoms with Crippen LogP contribution in [0.2, 0.25) is 0 Å². The maximum Gasteiger partial charge on any atom is 0.238 e. The predicted molar refractivity (Wildman–Crippen MR) is 105 cm³/mol. The minimum atomic E-state index is -0.817. The molecule has 1 saturated heterocycles. The number of hydrogen-bond acceptors (Lipinski definition) is 5. The minimum absolute atomic E-state index is 0.0561. The molecule has 1 fully saturated rings. The van der Waals surface area contributed by atoms with Crippen molar-refractivity contribution in [2.75, 3.05) is 37.1 Å². The van der Waals surface area contributed by atoms with Crippen molar-refractivity contribution in [2.24, 2.45) is 5.92 Å². The lowest BCUT2D eigenvalue weighted by Gasteiger charge is -2.30. The molecule has 0 atom stereocenters. The summed E-state index contributed by atoms with van der Waals surface area (Å²) in [5, 5.41) is 5.34. The van der Waals surface area contributed by atoms with E-state index in [1.807, 2.05) is 4.90 Å². The van der Waals surface area contributed by atoms with Crippen molar-refractivity contribution < 1.29 is 27.8 Å². The number of hydrogen-bond donors (Lipinski definition) is 2. The molecule has 0 aromatic heterocycles. The Kier molecular flexibility index (Phi) is 5.80. The topological polar surface area (TPSA) is 79.9 Å². The normalized spacial score (nSPS) is 16.3. The largest absolute Gasteiger partial charge is 0.454 e. The molecule has 2 aromatic rings. The molecule has 4 rings (SSSR count). The number of anilines is 2. The second-order valence-electron chi connectivity index (χ2n) is 7.28. The van der Waals surface area contributed by atoms with Gasteiger partial charge in [-0.3, -0.25) is 14.5 Å². The molecule has 2 amide bonds. The molecule has 2 aromatic carbocycles. The lowest BCUT2D eigenvalue weighted by Crippen LogP contribution is -2.41. The third kappa shape index (κ3) is 4.68. The number of ether oxygens (including phenoxy) is 2. The van der Waals surface area contributed by atoms with Gasteiger partial charge in [-0.25, -0.2) is 8.78 Å². The zero-order chi connectivity index (χ0) is 21.1. The quantitative estimate of drug-likeness (QED) is 0.782. The first-order valence-electron chi connectivity index (χ1n) is 9.66. The standard InChI is InChI=1S/C21H21F2N3O4/c22-14-1-3-17(16(23)9-14)25-20(27)11-26-7-5-13(6-8-26)21(28)24-15-2-4-18-19(10-15)30-12-29-18/h1-4,9-10,13H,5-8,11-12H2,(H,24,28)(H,25,27). The molecule has 158 valence electrons. The van der Waals surface area contributed by atoms with E-state index in [1.165, 1.54) is 6.07 Å². The minimum Gasteiger partial charge on any atom is -0.454 e. The summed E-state index contributed by atoms with van der Waals surface area (Å²) >= 11 is 0. The lowest BCUT2D eigenvalue weighted by atomic mass is 9.95. The van der Waals surface area contributed by atoms with Gasteiger partial charge in [-0.1, -0.05) is 0 Å². The van der Waals surface area contributed by atoms with Crippen molar-refractivity contribution >= 4 is 23.2 Å². The van der Waals surface area contributed by atoms with E-state index in [-0.39, 0.29) is 36.8 Å². The van der Waals surface area contributed by atoms with Crippen molar-refractivity contribution in [3.63, 3.8) is 0 Å². The van der Waals surface area contributed by atoms with E-state index in [9.17, 15) is 18.4 Å². The molecule has 2 aliphatic rings. The van der Waals surface area contributed by atoms with E-state index in [2.05, 4.69) is 10.6 Å². The number of nitrogens with one attached hydrogen (secondary N) is 2. The molecule has 2 aliphatic heterocycles. The molecule has 0 radical (unpaired) electrons. The van der Waals surface area contributed by atoms with E-state index >= 15 is 0 Å². The van der Waals surface area contributed by atoms with Gasteiger partial charge in [0.15, 0.2) is 11.5 Å².